The van der Waals surface area contributed by atoms with Gasteiger partial charge in [-0.2, -0.15) is 0 Å². The third kappa shape index (κ3) is 4.75. The van der Waals surface area contributed by atoms with Gasteiger partial charge in [0, 0.05) is 31.4 Å². The number of anilines is 3. The first-order valence-electron chi connectivity index (χ1n) is 10.3. The van der Waals surface area contributed by atoms with Crippen molar-refractivity contribution in [3.05, 3.63) is 47.9 Å². The van der Waals surface area contributed by atoms with E-state index in [0.29, 0.717) is 17.0 Å². The number of carbonyl (C=O) groups is 3. The summed E-state index contributed by atoms with van der Waals surface area (Å²) in [4.78, 5) is 43.8. The van der Waals surface area contributed by atoms with Crippen molar-refractivity contribution >= 4 is 35.0 Å². The van der Waals surface area contributed by atoms with E-state index in [1.807, 2.05) is 0 Å². The van der Waals surface area contributed by atoms with Gasteiger partial charge in [-0.15, -0.1) is 10.2 Å². The van der Waals surface area contributed by atoms with Crippen LogP contribution in [0.1, 0.15) is 33.7 Å². The Labute approximate surface area is 193 Å². The third-order valence-electron chi connectivity index (χ3n) is 5.06. The molecule has 4 rings (SSSR count). The van der Waals surface area contributed by atoms with Crippen LogP contribution in [0.4, 0.5) is 17.2 Å². The second-order valence-electron chi connectivity index (χ2n) is 7.45. The van der Waals surface area contributed by atoms with Crippen LogP contribution in [-0.4, -0.2) is 57.2 Å². The van der Waals surface area contributed by atoms with Crippen LogP contribution in [0.15, 0.2) is 36.7 Å². The van der Waals surface area contributed by atoms with Crippen LogP contribution in [0.2, 0.25) is 0 Å². The molecule has 0 atom stereocenters. The van der Waals surface area contributed by atoms with E-state index in [0.717, 1.165) is 12.8 Å². The van der Waals surface area contributed by atoms with E-state index in [-0.39, 0.29) is 40.4 Å². The van der Waals surface area contributed by atoms with E-state index < -0.39 is 11.9 Å². The number of nitrogens with zero attached hydrogens (tertiary/aromatic N) is 4. The largest absolute Gasteiger partial charge is 0.494 e. The van der Waals surface area contributed by atoms with Gasteiger partial charge in [0.05, 0.1) is 29.6 Å². The maximum absolute atomic E-state index is 12.4. The van der Waals surface area contributed by atoms with E-state index in [1.165, 1.54) is 32.6 Å². The van der Waals surface area contributed by atoms with Gasteiger partial charge < -0.3 is 25.8 Å². The molecule has 12 heteroatoms. The van der Waals surface area contributed by atoms with Gasteiger partial charge in [-0.25, -0.2) is 14.8 Å². The van der Waals surface area contributed by atoms with E-state index in [2.05, 4.69) is 36.1 Å². The molecule has 2 heterocycles. The Kier molecular flexibility index (Phi) is 6.30. The van der Waals surface area contributed by atoms with Crippen molar-refractivity contribution in [2.24, 2.45) is 5.92 Å². The van der Waals surface area contributed by atoms with Crippen molar-refractivity contribution < 1.29 is 24.2 Å². The Morgan fingerprint density at radius 2 is 1.82 bits per heavy atom. The van der Waals surface area contributed by atoms with Gasteiger partial charge in [0.1, 0.15) is 0 Å². The number of ether oxygens (including phenoxy) is 1. The molecule has 2 amide bonds. The van der Waals surface area contributed by atoms with E-state index in [1.54, 1.807) is 18.2 Å². The molecule has 0 aliphatic heterocycles. The number of aromatic carboxylic acids is 1. The Bertz CT molecular complexity index is 1260. The second kappa shape index (κ2) is 9.48. The molecular weight excluding hydrogens is 442 g/mol. The van der Waals surface area contributed by atoms with E-state index in [4.69, 9.17) is 9.84 Å². The summed E-state index contributed by atoms with van der Waals surface area (Å²) < 4.78 is 5.58. The molecule has 1 aliphatic rings. The normalized spacial score (nSPS) is 12.5. The Morgan fingerprint density at radius 1 is 1.09 bits per heavy atom. The van der Waals surface area contributed by atoms with Crippen molar-refractivity contribution in [3.63, 3.8) is 0 Å². The molecule has 0 radical (unpaired) electrons. The molecule has 3 aromatic rings. The number of carboxylic acids is 1. The molecule has 174 valence electrons. The summed E-state index contributed by atoms with van der Waals surface area (Å²) in [6, 6.07) is 6.66. The lowest BCUT2D eigenvalue weighted by Gasteiger charge is -2.16. The zero-order valence-corrected chi connectivity index (χ0v) is 18.3. The van der Waals surface area contributed by atoms with Gasteiger partial charge in [-0.1, -0.05) is 6.07 Å². The monoisotopic (exact) mass is 463 g/mol. The molecule has 1 saturated carbocycles. The number of aromatic nitrogens is 4. The number of rotatable bonds is 8. The molecule has 1 aromatic carbocycles. The van der Waals surface area contributed by atoms with Crippen molar-refractivity contribution in [2.75, 3.05) is 24.8 Å². The fraction of sp³-hybridized carbons (Fsp3) is 0.227. The minimum atomic E-state index is -1.13. The minimum Gasteiger partial charge on any atom is -0.494 e. The van der Waals surface area contributed by atoms with Crippen LogP contribution < -0.4 is 20.7 Å². The molecule has 2 aromatic heterocycles. The molecule has 0 unspecified atom stereocenters. The number of hydrogen-bond donors (Lipinski definition) is 4. The fourth-order valence-electron chi connectivity index (χ4n) is 3.16. The number of nitrogens with one attached hydrogen (secondary N) is 3. The summed E-state index contributed by atoms with van der Waals surface area (Å²) in [6.07, 6.45) is 4.07. The van der Waals surface area contributed by atoms with Gasteiger partial charge >= 0.3 is 5.97 Å². The Balaban J connectivity index is 1.70. The van der Waals surface area contributed by atoms with Gasteiger partial charge in [-0.05, 0) is 25.0 Å². The highest BCUT2D eigenvalue weighted by molar-refractivity contribution is 6.00. The number of carboxylic acid groups (broad SMARTS) is 1. The number of hydrogen-bond acceptors (Lipinski definition) is 9. The average molecular weight is 463 g/mol. The molecule has 34 heavy (non-hydrogen) atoms. The predicted molar refractivity (Wildman–Crippen MR) is 121 cm³/mol. The van der Waals surface area contributed by atoms with Crippen LogP contribution in [0, 0.1) is 5.92 Å². The maximum Gasteiger partial charge on any atom is 0.338 e. The highest BCUT2D eigenvalue weighted by Crippen LogP contribution is 2.37. The number of amides is 2. The molecule has 12 nitrogen and oxygen atoms in total. The van der Waals surface area contributed by atoms with Crippen molar-refractivity contribution in [2.45, 2.75) is 12.8 Å². The van der Waals surface area contributed by atoms with Crippen LogP contribution in [0.25, 0.3) is 11.4 Å². The molecule has 0 saturated heterocycles. The first-order chi connectivity index (χ1) is 16.4. The summed E-state index contributed by atoms with van der Waals surface area (Å²) in [7, 11) is 2.93. The lowest BCUT2D eigenvalue weighted by molar-refractivity contribution is -0.117. The highest BCUT2D eigenvalue weighted by atomic mass is 16.5. The van der Waals surface area contributed by atoms with Crippen molar-refractivity contribution in [3.8, 4) is 17.1 Å². The van der Waals surface area contributed by atoms with E-state index >= 15 is 0 Å². The first kappa shape index (κ1) is 22.6. The molecular formula is C22H21N7O5. The first-order valence-corrected chi connectivity index (χ1v) is 10.3. The molecule has 1 aliphatic carbocycles. The minimum absolute atomic E-state index is 0.0152. The number of para-hydroxylation sites is 1. The van der Waals surface area contributed by atoms with Crippen LogP contribution in [0.5, 0.6) is 5.75 Å². The summed E-state index contributed by atoms with van der Waals surface area (Å²) in [5.41, 5.74) is 1.22. The fourth-order valence-corrected chi connectivity index (χ4v) is 3.16. The standard InChI is InChI=1S/C22H21N7O5/c1-23-21(31)17-15(8-16(28-29-17)27-20(30)11-6-7-11)26-14-5-3-4-13(18(14)34-2)19-24-9-12(10-25-19)22(32)33/h3-5,8-11H,6-7H2,1-2H3,(H,23,31)(H,32,33)(H2,26,27,28,30). The summed E-state index contributed by atoms with van der Waals surface area (Å²) in [5.74, 6) is -0.968. The quantitative estimate of drug-likeness (QED) is 0.388. The summed E-state index contributed by atoms with van der Waals surface area (Å²) in [6.45, 7) is 0. The van der Waals surface area contributed by atoms with Gasteiger partial charge in [0.2, 0.25) is 5.91 Å². The molecule has 0 spiro atoms. The maximum atomic E-state index is 12.4. The Morgan fingerprint density at radius 3 is 2.44 bits per heavy atom. The summed E-state index contributed by atoms with van der Waals surface area (Å²) >= 11 is 0. The number of benzene rings is 1. The van der Waals surface area contributed by atoms with Gasteiger partial charge in [0.15, 0.2) is 23.1 Å². The van der Waals surface area contributed by atoms with Crippen LogP contribution in [0.3, 0.4) is 0 Å². The molecule has 4 N–H and O–H groups in total. The topological polar surface area (TPSA) is 168 Å². The Hall–Kier alpha value is -4.61. The number of methoxy groups -OCH3 is 1. The lowest BCUT2D eigenvalue weighted by Crippen LogP contribution is -2.22. The van der Waals surface area contributed by atoms with Gasteiger partial charge in [0.25, 0.3) is 5.91 Å². The molecule has 1 fully saturated rings. The smallest absolute Gasteiger partial charge is 0.338 e. The number of carbonyl (C=O) groups excluding carboxylic acids is 2. The zero-order chi connectivity index (χ0) is 24.2. The zero-order valence-electron chi connectivity index (χ0n) is 18.3. The predicted octanol–water partition coefficient (Wildman–Crippen LogP) is 2.09. The average Bonchev–Trinajstić information content (AvgIpc) is 3.69. The van der Waals surface area contributed by atoms with Crippen LogP contribution >= 0.6 is 0 Å². The second-order valence-corrected chi connectivity index (χ2v) is 7.45. The highest BCUT2D eigenvalue weighted by Gasteiger charge is 2.30. The SMILES string of the molecule is CNC(=O)c1nnc(NC(=O)C2CC2)cc1Nc1cccc(-c2ncc(C(=O)O)cn2)c1OC. The molecule has 0 bridgehead atoms. The summed E-state index contributed by atoms with van der Waals surface area (Å²) in [5, 5.41) is 25.3. The third-order valence-corrected chi connectivity index (χ3v) is 5.06. The lowest BCUT2D eigenvalue weighted by atomic mass is 10.1. The van der Waals surface area contributed by atoms with E-state index in [9.17, 15) is 14.4 Å². The van der Waals surface area contributed by atoms with Crippen molar-refractivity contribution in [1.29, 1.82) is 0 Å². The van der Waals surface area contributed by atoms with Gasteiger partial charge in [-0.3, -0.25) is 9.59 Å². The van der Waals surface area contributed by atoms with Crippen molar-refractivity contribution in [1.82, 2.24) is 25.5 Å². The van der Waals surface area contributed by atoms with Crippen LogP contribution in [-0.2, 0) is 4.79 Å².